The van der Waals surface area contributed by atoms with Gasteiger partial charge in [0.15, 0.2) is 11.8 Å². The zero-order valence-electron chi connectivity index (χ0n) is 24.8. The molecule has 3 N–H and O–H groups in total. The minimum Gasteiger partial charge on any atom is -0.495 e. The number of hydrogen-bond donors (Lipinski definition) is 3. The standard InChI is InChI=1S/C30H42N4O7/c1-7-8-14-33-17-24(36)34(29(33)40)25(26(37)30(3,4)5)28(39)32-22-16-20(12-13-23(22)41-6)31-27(38)18(2)19-10-9-11-21(35)15-19/h12-13,15-16,18,21,25,35H,7-11,14,17H2,1-6H3,(H,31,38)(H,32,39). The number of Topliss-reactive ketones (excluding diaryl/α,β-unsaturated/α-hetero) is 1. The van der Waals surface area contributed by atoms with Crippen molar-refractivity contribution in [2.75, 3.05) is 30.8 Å². The molecule has 0 aromatic heterocycles. The molecule has 1 saturated heterocycles. The van der Waals surface area contributed by atoms with Crippen LogP contribution in [0.3, 0.4) is 0 Å². The molecule has 5 amide bonds. The van der Waals surface area contributed by atoms with E-state index in [0.29, 0.717) is 25.1 Å². The SMILES string of the molecule is CCCCN1CC(=O)N(C(C(=O)Nc2cc(NC(=O)C(C)C3=CC(O)CCC3)ccc2OC)C(=O)C(C)(C)C)C1=O. The van der Waals surface area contributed by atoms with Crippen molar-refractivity contribution in [3.63, 3.8) is 0 Å². The van der Waals surface area contributed by atoms with Gasteiger partial charge in [0.25, 0.3) is 11.8 Å². The highest BCUT2D eigenvalue weighted by atomic mass is 16.5. The molecule has 1 aliphatic heterocycles. The molecule has 11 nitrogen and oxygen atoms in total. The molecule has 224 valence electrons. The predicted octanol–water partition coefficient (Wildman–Crippen LogP) is 3.73. The molecule has 0 spiro atoms. The zero-order valence-corrected chi connectivity index (χ0v) is 24.8. The summed E-state index contributed by atoms with van der Waals surface area (Å²) in [5.41, 5.74) is 0.355. The number of benzene rings is 1. The van der Waals surface area contributed by atoms with Gasteiger partial charge in [-0.25, -0.2) is 9.69 Å². The number of carbonyl (C=O) groups excluding carboxylic acids is 5. The molecule has 11 heteroatoms. The van der Waals surface area contributed by atoms with Crippen molar-refractivity contribution in [1.82, 2.24) is 9.80 Å². The lowest BCUT2D eigenvalue weighted by atomic mass is 9.85. The summed E-state index contributed by atoms with van der Waals surface area (Å²) in [6.45, 7) is 8.73. The number of hydrogen-bond acceptors (Lipinski definition) is 7. The molecule has 41 heavy (non-hydrogen) atoms. The monoisotopic (exact) mass is 570 g/mol. The summed E-state index contributed by atoms with van der Waals surface area (Å²) in [6, 6.07) is 2.30. The number of rotatable bonds is 11. The Labute approximate surface area is 241 Å². The Morgan fingerprint density at radius 2 is 1.85 bits per heavy atom. The first-order chi connectivity index (χ1) is 19.3. The maximum absolute atomic E-state index is 13.7. The highest BCUT2D eigenvalue weighted by Crippen LogP contribution is 2.31. The normalized spacial score (nSPS) is 19.0. The van der Waals surface area contributed by atoms with E-state index < -0.39 is 47.1 Å². The highest BCUT2D eigenvalue weighted by molar-refractivity contribution is 6.19. The molecule has 1 fully saturated rings. The van der Waals surface area contributed by atoms with Gasteiger partial charge in [0, 0.05) is 17.6 Å². The van der Waals surface area contributed by atoms with E-state index in [1.165, 1.54) is 18.1 Å². The third kappa shape index (κ3) is 7.52. The van der Waals surface area contributed by atoms with Crippen molar-refractivity contribution in [3.8, 4) is 5.75 Å². The van der Waals surface area contributed by atoms with Gasteiger partial charge in [0.05, 0.1) is 24.8 Å². The average molecular weight is 571 g/mol. The number of imide groups is 1. The minimum absolute atomic E-state index is 0.156. The Morgan fingerprint density at radius 1 is 1.15 bits per heavy atom. The summed E-state index contributed by atoms with van der Waals surface area (Å²) in [4.78, 5) is 68.3. The molecule has 0 saturated carbocycles. The minimum atomic E-state index is -1.69. The van der Waals surface area contributed by atoms with Crippen LogP contribution >= 0.6 is 0 Å². The van der Waals surface area contributed by atoms with Crippen molar-refractivity contribution < 1.29 is 33.8 Å². The molecule has 1 aromatic rings. The number of carbonyl (C=O) groups is 5. The van der Waals surface area contributed by atoms with Crippen LogP contribution in [0.2, 0.25) is 0 Å². The fourth-order valence-corrected chi connectivity index (χ4v) is 4.90. The van der Waals surface area contributed by atoms with Crippen LogP contribution in [0, 0.1) is 11.3 Å². The molecule has 3 unspecified atom stereocenters. The van der Waals surface area contributed by atoms with Crippen molar-refractivity contribution in [2.45, 2.75) is 78.9 Å². The molecule has 1 aliphatic carbocycles. The Kier molecular flexibility index (Phi) is 10.3. The molecule has 3 atom stereocenters. The van der Waals surface area contributed by atoms with Gasteiger partial charge in [0.1, 0.15) is 12.3 Å². The van der Waals surface area contributed by atoms with E-state index in [4.69, 9.17) is 4.74 Å². The molecule has 3 rings (SSSR count). The fourth-order valence-electron chi connectivity index (χ4n) is 4.90. The molecular weight excluding hydrogens is 528 g/mol. The molecule has 0 bridgehead atoms. The highest BCUT2D eigenvalue weighted by Gasteiger charge is 2.49. The summed E-state index contributed by atoms with van der Waals surface area (Å²) in [5, 5.41) is 15.4. The van der Waals surface area contributed by atoms with Gasteiger partial charge in [0.2, 0.25) is 5.91 Å². The van der Waals surface area contributed by atoms with Crippen molar-refractivity contribution >= 4 is 40.9 Å². The van der Waals surface area contributed by atoms with Crippen molar-refractivity contribution in [3.05, 3.63) is 29.8 Å². The second kappa shape index (κ2) is 13.3. The van der Waals surface area contributed by atoms with Crippen LogP contribution in [-0.4, -0.2) is 76.8 Å². The van der Waals surface area contributed by atoms with Gasteiger partial charge < -0.3 is 25.4 Å². The van der Waals surface area contributed by atoms with Crippen LogP contribution in [0.4, 0.5) is 16.2 Å². The smallest absolute Gasteiger partial charge is 0.328 e. The Balaban J connectivity index is 1.87. The average Bonchev–Trinajstić information content (AvgIpc) is 3.19. The van der Waals surface area contributed by atoms with Crippen LogP contribution < -0.4 is 15.4 Å². The maximum Gasteiger partial charge on any atom is 0.328 e. The summed E-state index contributed by atoms with van der Waals surface area (Å²) < 4.78 is 5.39. The van der Waals surface area contributed by atoms with Crippen LogP contribution in [0.5, 0.6) is 5.75 Å². The van der Waals surface area contributed by atoms with E-state index >= 15 is 0 Å². The number of aliphatic hydroxyl groups is 1. The topological polar surface area (TPSA) is 145 Å². The number of amides is 5. The molecule has 1 heterocycles. The third-order valence-electron chi connectivity index (χ3n) is 7.39. The van der Waals surface area contributed by atoms with Gasteiger partial charge in [-0.1, -0.05) is 45.8 Å². The van der Waals surface area contributed by atoms with Gasteiger partial charge >= 0.3 is 6.03 Å². The predicted molar refractivity (Wildman–Crippen MR) is 154 cm³/mol. The Bertz CT molecular complexity index is 1220. The lowest BCUT2D eigenvalue weighted by Crippen LogP contribution is -2.55. The van der Waals surface area contributed by atoms with E-state index in [1.807, 2.05) is 6.92 Å². The summed E-state index contributed by atoms with van der Waals surface area (Å²) >= 11 is 0. The van der Waals surface area contributed by atoms with E-state index in [0.717, 1.165) is 29.7 Å². The number of nitrogens with zero attached hydrogens (tertiary/aromatic N) is 2. The van der Waals surface area contributed by atoms with Crippen molar-refractivity contribution in [2.24, 2.45) is 11.3 Å². The molecule has 0 radical (unpaired) electrons. The number of aliphatic hydroxyl groups excluding tert-OH is 1. The first kappa shape index (κ1) is 31.8. The Morgan fingerprint density at radius 3 is 2.46 bits per heavy atom. The lowest BCUT2D eigenvalue weighted by molar-refractivity contribution is -0.143. The number of anilines is 2. The van der Waals surface area contributed by atoms with Gasteiger partial charge in [-0.2, -0.15) is 0 Å². The van der Waals surface area contributed by atoms with Crippen LogP contribution in [0.1, 0.15) is 66.7 Å². The first-order valence-corrected chi connectivity index (χ1v) is 14.1. The quantitative estimate of drug-likeness (QED) is 0.209. The number of nitrogens with one attached hydrogen (secondary N) is 2. The number of ketones is 1. The van der Waals surface area contributed by atoms with E-state index in [2.05, 4.69) is 10.6 Å². The van der Waals surface area contributed by atoms with E-state index in [-0.39, 0.29) is 23.9 Å². The number of urea groups is 1. The molecule has 1 aromatic carbocycles. The van der Waals surface area contributed by atoms with Crippen LogP contribution in [0.15, 0.2) is 29.8 Å². The second-order valence-electron chi connectivity index (χ2n) is 11.7. The first-order valence-electron chi connectivity index (χ1n) is 14.1. The van der Waals surface area contributed by atoms with Gasteiger partial charge in [-0.3, -0.25) is 19.2 Å². The van der Waals surface area contributed by atoms with Gasteiger partial charge in [-0.05, 0) is 50.8 Å². The number of ether oxygens (including phenoxy) is 1. The largest absolute Gasteiger partial charge is 0.495 e. The number of methoxy groups -OCH3 is 1. The zero-order chi connectivity index (χ0) is 30.5. The van der Waals surface area contributed by atoms with Crippen molar-refractivity contribution in [1.29, 1.82) is 0 Å². The summed E-state index contributed by atoms with van der Waals surface area (Å²) in [5.74, 6) is -2.56. The number of unbranched alkanes of at least 4 members (excludes halogenated alkanes) is 1. The fraction of sp³-hybridized carbons (Fsp3) is 0.567. The van der Waals surface area contributed by atoms with Gasteiger partial charge in [-0.15, -0.1) is 0 Å². The van der Waals surface area contributed by atoms with Crippen LogP contribution in [0.25, 0.3) is 0 Å². The third-order valence-corrected chi connectivity index (χ3v) is 7.39. The maximum atomic E-state index is 13.7. The molecule has 2 aliphatic rings. The van der Waals surface area contributed by atoms with E-state index in [9.17, 15) is 29.1 Å². The summed E-state index contributed by atoms with van der Waals surface area (Å²) in [7, 11) is 1.41. The second-order valence-corrected chi connectivity index (χ2v) is 11.7. The molecular formula is C30H42N4O7. The Hall–Kier alpha value is -3.73. The lowest BCUT2D eigenvalue weighted by Gasteiger charge is -2.29. The van der Waals surface area contributed by atoms with E-state index in [1.54, 1.807) is 45.9 Å². The summed E-state index contributed by atoms with van der Waals surface area (Å²) in [6.07, 6.45) is 4.86. The van der Waals surface area contributed by atoms with Crippen LogP contribution in [-0.2, 0) is 19.2 Å².